The van der Waals surface area contributed by atoms with Crippen LogP contribution in [0.15, 0.2) is 17.2 Å². The number of rotatable bonds is 5. The standard InChI is InChI=1S/C16H12F6N2O2S/c1-7-4-9(17)10(23-5-7)6-24(8-2-3-8)27(25,26)16-14(21)12(19)11(18)13(20)15(16)22/h4-5,8H,2-3,6H2,1H3. The topological polar surface area (TPSA) is 50.3 Å². The maximum absolute atomic E-state index is 14.0. The molecule has 27 heavy (non-hydrogen) atoms. The zero-order chi connectivity index (χ0) is 20.1. The van der Waals surface area contributed by atoms with Crippen molar-refractivity contribution in [2.45, 2.75) is 37.2 Å². The molecular weight excluding hydrogens is 398 g/mol. The Kier molecular flexibility index (Phi) is 4.93. The Bertz CT molecular complexity index is 995. The van der Waals surface area contributed by atoms with E-state index in [-0.39, 0.29) is 5.69 Å². The molecule has 1 aromatic heterocycles. The van der Waals surface area contributed by atoms with Crippen LogP contribution in [-0.4, -0.2) is 23.7 Å². The number of benzene rings is 1. The molecule has 146 valence electrons. The van der Waals surface area contributed by atoms with Gasteiger partial charge in [0.05, 0.1) is 12.2 Å². The fraction of sp³-hybridized carbons (Fsp3) is 0.312. The molecule has 4 nitrogen and oxygen atoms in total. The molecule has 0 N–H and O–H groups in total. The Labute approximate surface area is 150 Å². The zero-order valence-electron chi connectivity index (χ0n) is 13.7. The number of hydrogen-bond donors (Lipinski definition) is 0. The van der Waals surface area contributed by atoms with Crippen molar-refractivity contribution in [2.75, 3.05) is 0 Å². The van der Waals surface area contributed by atoms with E-state index in [0.717, 1.165) is 6.07 Å². The molecule has 0 bridgehead atoms. The highest BCUT2D eigenvalue weighted by Crippen LogP contribution is 2.36. The quantitative estimate of drug-likeness (QED) is 0.430. The van der Waals surface area contributed by atoms with Gasteiger partial charge in [0.2, 0.25) is 15.8 Å². The smallest absolute Gasteiger partial charge is 0.249 e. The fourth-order valence-corrected chi connectivity index (χ4v) is 4.29. The van der Waals surface area contributed by atoms with Gasteiger partial charge in [-0.15, -0.1) is 0 Å². The van der Waals surface area contributed by atoms with Crippen LogP contribution >= 0.6 is 0 Å². The van der Waals surface area contributed by atoms with Gasteiger partial charge in [0.25, 0.3) is 0 Å². The third kappa shape index (κ3) is 3.41. The van der Waals surface area contributed by atoms with Gasteiger partial charge in [-0.1, -0.05) is 0 Å². The number of hydrogen-bond acceptors (Lipinski definition) is 3. The monoisotopic (exact) mass is 410 g/mol. The summed E-state index contributed by atoms with van der Waals surface area (Å²) in [6.07, 6.45) is 1.85. The van der Waals surface area contributed by atoms with Gasteiger partial charge in [-0.3, -0.25) is 4.98 Å². The van der Waals surface area contributed by atoms with E-state index in [1.807, 2.05) is 0 Å². The average molecular weight is 410 g/mol. The van der Waals surface area contributed by atoms with Crippen molar-refractivity contribution in [2.24, 2.45) is 0 Å². The lowest BCUT2D eigenvalue weighted by Gasteiger charge is -2.22. The van der Waals surface area contributed by atoms with E-state index in [2.05, 4.69) is 4.98 Å². The Hall–Kier alpha value is -2.14. The summed E-state index contributed by atoms with van der Waals surface area (Å²) in [5, 5.41) is 0. The normalized spacial score (nSPS) is 14.8. The molecule has 3 rings (SSSR count). The third-order valence-electron chi connectivity index (χ3n) is 4.05. The van der Waals surface area contributed by atoms with Crippen molar-refractivity contribution in [1.29, 1.82) is 0 Å². The fourth-order valence-electron chi connectivity index (χ4n) is 2.53. The molecule has 0 aliphatic heterocycles. The summed E-state index contributed by atoms with van der Waals surface area (Å²) in [6, 6.07) is 0.325. The van der Waals surface area contributed by atoms with Gasteiger partial charge in [0, 0.05) is 12.2 Å². The Morgan fingerprint density at radius 2 is 1.52 bits per heavy atom. The summed E-state index contributed by atoms with van der Waals surface area (Å²) in [5.41, 5.74) is 0.122. The highest BCUT2D eigenvalue weighted by Gasteiger charge is 2.43. The molecule has 11 heteroatoms. The van der Waals surface area contributed by atoms with Crippen molar-refractivity contribution in [3.63, 3.8) is 0 Å². The van der Waals surface area contributed by atoms with Crippen molar-refractivity contribution in [3.05, 3.63) is 58.4 Å². The number of aryl methyl sites for hydroxylation is 1. The van der Waals surface area contributed by atoms with Crippen LogP contribution in [0.4, 0.5) is 26.3 Å². The summed E-state index contributed by atoms with van der Waals surface area (Å²) in [6.45, 7) is 0.836. The molecule has 1 aliphatic carbocycles. The lowest BCUT2D eigenvalue weighted by molar-refractivity contribution is 0.344. The molecular formula is C16H12F6N2O2S. The van der Waals surface area contributed by atoms with E-state index in [0.29, 0.717) is 22.7 Å². The van der Waals surface area contributed by atoms with Crippen LogP contribution in [0.3, 0.4) is 0 Å². The number of sulfonamides is 1. The van der Waals surface area contributed by atoms with Crippen LogP contribution in [-0.2, 0) is 16.6 Å². The Morgan fingerprint density at radius 3 is 2.00 bits per heavy atom. The first-order valence-electron chi connectivity index (χ1n) is 7.70. The van der Waals surface area contributed by atoms with Crippen LogP contribution in [0.25, 0.3) is 0 Å². The van der Waals surface area contributed by atoms with Gasteiger partial charge >= 0.3 is 0 Å². The molecule has 1 aromatic carbocycles. The molecule has 0 spiro atoms. The molecule has 0 radical (unpaired) electrons. The van der Waals surface area contributed by atoms with Crippen molar-refractivity contribution >= 4 is 10.0 Å². The predicted octanol–water partition coefficient (Wildman–Crippen LogP) is 3.58. The van der Waals surface area contributed by atoms with Gasteiger partial charge < -0.3 is 0 Å². The predicted molar refractivity (Wildman–Crippen MR) is 80.9 cm³/mol. The number of aromatic nitrogens is 1. The minimum Gasteiger partial charge on any atom is -0.257 e. The molecule has 1 saturated carbocycles. The van der Waals surface area contributed by atoms with E-state index in [4.69, 9.17) is 0 Å². The molecule has 2 aromatic rings. The minimum absolute atomic E-state index is 0.294. The lowest BCUT2D eigenvalue weighted by atomic mass is 10.2. The van der Waals surface area contributed by atoms with E-state index < -0.39 is 62.4 Å². The van der Waals surface area contributed by atoms with Crippen LogP contribution in [0, 0.1) is 41.8 Å². The number of nitrogens with zero attached hydrogens (tertiary/aromatic N) is 2. The van der Waals surface area contributed by atoms with Gasteiger partial charge in [-0.2, -0.15) is 4.31 Å². The third-order valence-corrected chi connectivity index (χ3v) is 5.97. The van der Waals surface area contributed by atoms with Crippen molar-refractivity contribution in [1.82, 2.24) is 9.29 Å². The van der Waals surface area contributed by atoms with Gasteiger partial charge in [-0.25, -0.2) is 34.8 Å². The molecule has 1 aliphatic rings. The lowest BCUT2D eigenvalue weighted by Crippen LogP contribution is -2.35. The summed E-state index contributed by atoms with van der Waals surface area (Å²) < 4.78 is 108. The van der Waals surface area contributed by atoms with Crippen molar-refractivity contribution < 1.29 is 34.8 Å². The molecule has 0 atom stereocenters. The molecule has 0 unspecified atom stereocenters. The first-order valence-corrected chi connectivity index (χ1v) is 9.14. The van der Waals surface area contributed by atoms with Crippen molar-refractivity contribution in [3.8, 4) is 0 Å². The molecule has 0 saturated heterocycles. The average Bonchev–Trinajstić information content (AvgIpc) is 3.42. The SMILES string of the molecule is Cc1cnc(CN(C2CC2)S(=O)(=O)c2c(F)c(F)c(F)c(F)c2F)c(F)c1. The maximum atomic E-state index is 14.0. The van der Waals surface area contributed by atoms with Gasteiger partial charge in [0.1, 0.15) is 5.82 Å². The number of pyridine rings is 1. The van der Waals surface area contributed by atoms with Crippen LogP contribution in [0.5, 0.6) is 0 Å². The molecule has 0 amide bonds. The highest BCUT2D eigenvalue weighted by atomic mass is 32.2. The second-order valence-corrected chi connectivity index (χ2v) is 7.95. The van der Waals surface area contributed by atoms with Gasteiger partial charge in [-0.05, 0) is 31.4 Å². The van der Waals surface area contributed by atoms with E-state index in [1.165, 1.54) is 6.20 Å². The Morgan fingerprint density at radius 1 is 1.00 bits per heavy atom. The Balaban J connectivity index is 2.11. The molecule has 1 heterocycles. The second kappa shape index (κ2) is 6.79. The van der Waals surface area contributed by atoms with E-state index in [9.17, 15) is 34.8 Å². The van der Waals surface area contributed by atoms with E-state index >= 15 is 0 Å². The summed E-state index contributed by atoms with van der Waals surface area (Å²) in [7, 11) is -5.16. The first kappa shape index (κ1) is 19.6. The molecule has 1 fully saturated rings. The van der Waals surface area contributed by atoms with Crippen LogP contribution in [0.2, 0.25) is 0 Å². The summed E-state index contributed by atoms with van der Waals surface area (Å²) in [5.74, 6) is -13.0. The van der Waals surface area contributed by atoms with Crippen LogP contribution < -0.4 is 0 Å². The van der Waals surface area contributed by atoms with Gasteiger partial charge in [0.15, 0.2) is 28.2 Å². The first-order chi connectivity index (χ1) is 12.6. The minimum atomic E-state index is -5.16. The summed E-state index contributed by atoms with van der Waals surface area (Å²) >= 11 is 0. The summed E-state index contributed by atoms with van der Waals surface area (Å²) in [4.78, 5) is 1.79. The maximum Gasteiger partial charge on any atom is 0.249 e. The van der Waals surface area contributed by atoms with E-state index in [1.54, 1.807) is 6.92 Å². The highest BCUT2D eigenvalue weighted by molar-refractivity contribution is 7.89. The second-order valence-electron chi connectivity index (χ2n) is 6.12. The van der Waals surface area contributed by atoms with Crippen LogP contribution in [0.1, 0.15) is 24.1 Å². The largest absolute Gasteiger partial charge is 0.257 e. The number of halogens is 6. The zero-order valence-corrected chi connectivity index (χ0v) is 14.6.